The second-order valence-corrected chi connectivity index (χ2v) is 7.60. The van der Waals surface area contributed by atoms with Crippen molar-refractivity contribution in [2.45, 2.75) is 37.8 Å². The number of rotatable bonds is 2. The first-order valence-corrected chi connectivity index (χ1v) is 9.66. The lowest BCUT2D eigenvalue weighted by molar-refractivity contribution is -0.137. The van der Waals surface area contributed by atoms with Gasteiger partial charge in [-0.2, -0.15) is 13.2 Å². The summed E-state index contributed by atoms with van der Waals surface area (Å²) < 4.78 is 38.7. The quantitative estimate of drug-likeness (QED) is 0.609. The van der Waals surface area contributed by atoms with Crippen molar-refractivity contribution in [3.8, 4) is 0 Å². The zero-order valence-corrected chi connectivity index (χ0v) is 16.1. The standard InChI is InChI=1S/C22H17ClF3NO2/c23-16-4-1-2-5-17(16)27-18-6-3-7-19(28)21(18)15(12-20(27)29)13-8-10-14(11-9-13)22(24,25)26/h1-2,4-5,8-11,15H,3,6-7,12H2. The van der Waals surface area contributed by atoms with E-state index in [1.807, 2.05) is 0 Å². The van der Waals surface area contributed by atoms with E-state index in [1.54, 1.807) is 24.3 Å². The topological polar surface area (TPSA) is 37.4 Å². The second-order valence-electron chi connectivity index (χ2n) is 7.19. The fourth-order valence-electron chi connectivity index (χ4n) is 4.09. The molecule has 0 saturated carbocycles. The van der Waals surface area contributed by atoms with Crippen LogP contribution in [-0.4, -0.2) is 11.7 Å². The minimum Gasteiger partial charge on any atom is -0.294 e. The molecule has 29 heavy (non-hydrogen) atoms. The number of allylic oxidation sites excluding steroid dienone is 2. The highest BCUT2D eigenvalue weighted by Gasteiger charge is 2.40. The van der Waals surface area contributed by atoms with Crippen molar-refractivity contribution in [2.75, 3.05) is 4.90 Å². The van der Waals surface area contributed by atoms with Gasteiger partial charge in [0.25, 0.3) is 0 Å². The van der Waals surface area contributed by atoms with Crippen LogP contribution in [0.25, 0.3) is 0 Å². The summed E-state index contributed by atoms with van der Waals surface area (Å²) in [5.74, 6) is -0.844. The Bertz CT molecular complexity index is 1010. The van der Waals surface area contributed by atoms with Gasteiger partial charge >= 0.3 is 6.18 Å². The molecule has 4 rings (SSSR count). The first-order valence-electron chi connectivity index (χ1n) is 9.28. The van der Waals surface area contributed by atoms with Crippen molar-refractivity contribution < 1.29 is 22.8 Å². The summed E-state index contributed by atoms with van der Waals surface area (Å²) in [4.78, 5) is 27.4. The Labute approximate surface area is 170 Å². The van der Waals surface area contributed by atoms with E-state index >= 15 is 0 Å². The molecule has 3 nitrogen and oxygen atoms in total. The molecule has 0 spiro atoms. The van der Waals surface area contributed by atoms with Crippen LogP contribution < -0.4 is 4.90 Å². The van der Waals surface area contributed by atoms with E-state index in [4.69, 9.17) is 11.6 Å². The molecule has 1 heterocycles. The largest absolute Gasteiger partial charge is 0.416 e. The van der Waals surface area contributed by atoms with Crippen LogP contribution >= 0.6 is 11.6 Å². The highest BCUT2D eigenvalue weighted by Crippen LogP contribution is 2.45. The number of alkyl halides is 3. The molecule has 0 aromatic heterocycles. The average Bonchev–Trinajstić information content (AvgIpc) is 2.68. The van der Waals surface area contributed by atoms with Gasteiger partial charge in [-0.25, -0.2) is 0 Å². The molecule has 0 N–H and O–H groups in total. The number of hydrogen-bond acceptors (Lipinski definition) is 2. The van der Waals surface area contributed by atoms with Crippen molar-refractivity contribution in [2.24, 2.45) is 0 Å². The molecular weight excluding hydrogens is 403 g/mol. The summed E-state index contributed by atoms with van der Waals surface area (Å²) >= 11 is 6.30. The van der Waals surface area contributed by atoms with Gasteiger partial charge in [0.2, 0.25) is 5.91 Å². The van der Waals surface area contributed by atoms with Crippen molar-refractivity contribution in [3.05, 3.63) is 76.0 Å². The van der Waals surface area contributed by atoms with E-state index in [2.05, 4.69) is 0 Å². The number of amides is 1. The summed E-state index contributed by atoms with van der Waals surface area (Å²) in [7, 11) is 0. The van der Waals surface area contributed by atoms with Crippen molar-refractivity contribution >= 4 is 29.0 Å². The fourth-order valence-corrected chi connectivity index (χ4v) is 4.31. The Balaban J connectivity index is 1.81. The maximum absolute atomic E-state index is 13.1. The average molecular weight is 420 g/mol. The van der Waals surface area contributed by atoms with Crippen LogP contribution in [0.1, 0.15) is 42.7 Å². The van der Waals surface area contributed by atoms with Gasteiger partial charge in [-0.05, 0) is 42.7 Å². The molecule has 1 aliphatic heterocycles. The molecule has 2 aliphatic rings. The van der Waals surface area contributed by atoms with Crippen LogP contribution in [0.5, 0.6) is 0 Å². The van der Waals surface area contributed by atoms with E-state index < -0.39 is 17.7 Å². The molecule has 0 bridgehead atoms. The van der Waals surface area contributed by atoms with Gasteiger partial charge < -0.3 is 0 Å². The van der Waals surface area contributed by atoms with Crippen molar-refractivity contribution in [1.82, 2.24) is 0 Å². The van der Waals surface area contributed by atoms with E-state index in [9.17, 15) is 22.8 Å². The van der Waals surface area contributed by atoms with Gasteiger partial charge in [-0.1, -0.05) is 35.9 Å². The molecule has 150 valence electrons. The minimum atomic E-state index is -4.44. The predicted molar refractivity (Wildman–Crippen MR) is 104 cm³/mol. The van der Waals surface area contributed by atoms with Gasteiger partial charge in [0.05, 0.1) is 16.3 Å². The summed E-state index contributed by atoms with van der Waals surface area (Å²) in [5.41, 5.74) is 1.41. The highest BCUT2D eigenvalue weighted by molar-refractivity contribution is 6.34. The minimum absolute atomic E-state index is 0.00115. The first kappa shape index (κ1) is 19.7. The third-order valence-corrected chi connectivity index (χ3v) is 5.73. The molecule has 1 atom stereocenters. The van der Waals surface area contributed by atoms with Gasteiger partial charge in [0.15, 0.2) is 5.78 Å². The Morgan fingerprint density at radius 3 is 2.31 bits per heavy atom. The lowest BCUT2D eigenvalue weighted by Gasteiger charge is -2.38. The fraction of sp³-hybridized carbons (Fsp3) is 0.273. The zero-order chi connectivity index (χ0) is 20.8. The number of para-hydroxylation sites is 1. The molecule has 2 aromatic rings. The van der Waals surface area contributed by atoms with Gasteiger partial charge in [0, 0.05) is 30.0 Å². The van der Waals surface area contributed by atoms with Crippen molar-refractivity contribution in [3.63, 3.8) is 0 Å². The normalized spacial score (nSPS) is 20.1. The highest BCUT2D eigenvalue weighted by atomic mass is 35.5. The zero-order valence-electron chi connectivity index (χ0n) is 15.3. The van der Waals surface area contributed by atoms with E-state index in [0.717, 1.165) is 12.1 Å². The predicted octanol–water partition coefficient (Wildman–Crippen LogP) is 5.89. The Kier molecular flexibility index (Phi) is 4.99. The second kappa shape index (κ2) is 7.34. The summed E-state index contributed by atoms with van der Waals surface area (Å²) in [6, 6.07) is 11.6. The first-order chi connectivity index (χ1) is 13.8. The molecule has 1 aliphatic carbocycles. The number of hydrogen-bond donors (Lipinski definition) is 0. The molecule has 7 heteroatoms. The Morgan fingerprint density at radius 1 is 0.966 bits per heavy atom. The number of nitrogens with zero attached hydrogens (tertiary/aromatic N) is 1. The lowest BCUT2D eigenvalue weighted by atomic mass is 9.77. The lowest BCUT2D eigenvalue weighted by Crippen LogP contribution is -2.40. The number of carbonyl (C=O) groups is 2. The van der Waals surface area contributed by atoms with Crippen LogP contribution in [0, 0.1) is 0 Å². The van der Waals surface area contributed by atoms with Crippen LogP contribution in [0.4, 0.5) is 18.9 Å². The number of Topliss-reactive ketones (excluding diaryl/α,β-unsaturated/α-hetero) is 1. The number of carbonyl (C=O) groups excluding carboxylic acids is 2. The summed E-state index contributed by atoms with van der Waals surface area (Å²) in [5, 5.41) is 0.402. The van der Waals surface area contributed by atoms with Gasteiger partial charge in [-0.3, -0.25) is 14.5 Å². The van der Waals surface area contributed by atoms with Crippen LogP contribution in [0.15, 0.2) is 59.8 Å². The van der Waals surface area contributed by atoms with Crippen LogP contribution in [0.3, 0.4) is 0 Å². The smallest absolute Gasteiger partial charge is 0.294 e. The monoisotopic (exact) mass is 419 g/mol. The van der Waals surface area contributed by atoms with Crippen LogP contribution in [-0.2, 0) is 15.8 Å². The number of ketones is 1. The molecule has 0 fully saturated rings. The summed E-state index contributed by atoms with van der Waals surface area (Å²) in [6.45, 7) is 0. The third-order valence-electron chi connectivity index (χ3n) is 5.41. The van der Waals surface area contributed by atoms with Gasteiger partial charge in [-0.15, -0.1) is 0 Å². The van der Waals surface area contributed by atoms with E-state index in [1.165, 1.54) is 17.0 Å². The molecule has 1 unspecified atom stereocenters. The molecule has 0 saturated heterocycles. The van der Waals surface area contributed by atoms with E-state index in [0.29, 0.717) is 46.8 Å². The van der Waals surface area contributed by atoms with Crippen molar-refractivity contribution in [1.29, 1.82) is 0 Å². The molecule has 0 radical (unpaired) electrons. The van der Waals surface area contributed by atoms with Gasteiger partial charge in [0.1, 0.15) is 0 Å². The Morgan fingerprint density at radius 2 is 1.66 bits per heavy atom. The Hall–Kier alpha value is -2.60. The number of halogens is 4. The molecule has 2 aromatic carbocycles. The van der Waals surface area contributed by atoms with Crippen LogP contribution in [0.2, 0.25) is 5.02 Å². The SMILES string of the molecule is O=C1CCCC2=C1C(c1ccc(C(F)(F)F)cc1)CC(=O)N2c1ccccc1Cl. The maximum Gasteiger partial charge on any atom is 0.416 e. The number of anilines is 1. The molecule has 1 amide bonds. The summed E-state index contributed by atoms with van der Waals surface area (Å²) in [6.07, 6.45) is -2.92. The number of benzene rings is 2. The van der Waals surface area contributed by atoms with E-state index in [-0.39, 0.29) is 18.1 Å². The maximum atomic E-state index is 13.1. The molecular formula is C22H17ClF3NO2. The third kappa shape index (κ3) is 3.57.